The van der Waals surface area contributed by atoms with Crippen LogP contribution >= 0.6 is 0 Å². The van der Waals surface area contributed by atoms with E-state index in [0.29, 0.717) is 31.8 Å². The van der Waals surface area contributed by atoms with Gasteiger partial charge in [-0.05, 0) is 56.0 Å². The Labute approximate surface area is 153 Å². The van der Waals surface area contributed by atoms with Crippen LogP contribution < -0.4 is 15.4 Å². The molecule has 140 valence electrons. The molecule has 6 nitrogen and oxygen atoms in total. The van der Waals surface area contributed by atoms with E-state index in [1.54, 1.807) is 18.4 Å². The molecule has 0 saturated carbocycles. The van der Waals surface area contributed by atoms with Crippen molar-refractivity contribution in [3.63, 3.8) is 0 Å². The molecule has 6 heteroatoms. The number of rotatable bonds is 10. The summed E-state index contributed by atoms with van der Waals surface area (Å²) in [6.45, 7) is 4.90. The summed E-state index contributed by atoms with van der Waals surface area (Å²) in [6.07, 6.45) is 3.42. The molecule has 0 spiro atoms. The van der Waals surface area contributed by atoms with Crippen LogP contribution in [0.4, 0.5) is 0 Å². The Morgan fingerprint density at radius 2 is 1.92 bits per heavy atom. The van der Waals surface area contributed by atoms with E-state index < -0.39 is 0 Å². The smallest absolute Gasteiger partial charge is 0.239 e. The van der Waals surface area contributed by atoms with Gasteiger partial charge in [-0.2, -0.15) is 0 Å². The van der Waals surface area contributed by atoms with Gasteiger partial charge in [-0.15, -0.1) is 0 Å². The quantitative estimate of drug-likeness (QED) is 0.640. The van der Waals surface area contributed by atoms with Crippen molar-refractivity contribution in [2.75, 3.05) is 13.2 Å². The van der Waals surface area contributed by atoms with Crippen molar-refractivity contribution in [2.24, 2.45) is 0 Å². The molecule has 0 aliphatic carbocycles. The van der Waals surface area contributed by atoms with Crippen molar-refractivity contribution < 1.29 is 18.7 Å². The predicted molar refractivity (Wildman–Crippen MR) is 98.8 cm³/mol. The number of nitrogens with one attached hydrogen (secondary N) is 2. The highest BCUT2D eigenvalue weighted by Crippen LogP contribution is 2.19. The van der Waals surface area contributed by atoms with Gasteiger partial charge >= 0.3 is 0 Å². The van der Waals surface area contributed by atoms with Crippen LogP contribution in [0.3, 0.4) is 0 Å². The van der Waals surface area contributed by atoms with Crippen LogP contribution in [0.1, 0.15) is 36.1 Å². The molecule has 2 rings (SSSR count). The number of carbonyl (C=O) groups excluding carboxylic acids is 2. The van der Waals surface area contributed by atoms with E-state index in [9.17, 15) is 9.59 Å². The van der Waals surface area contributed by atoms with Gasteiger partial charge in [-0.3, -0.25) is 9.59 Å². The van der Waals surface area contributed by atoms with E-state index in [2.05, 4.69) is 16.7 Å². The third-order valence-electron chi connectivity index (χ3n) is 3.89. The molecule has 0 aliphatic rings. The summed E-state index contributed by atoms with van der Waals surface area (Å²) in [5, 5.41) is 5.29. The fraction of sp³-hybridized carbons (Fsp3) is 0.400. The highest BCUT2D eigenvalue weighted by molar-refractivity contribution is 5.84. The second-order valence-electron chi connectivity index (χ2n) is 6.21. The first kappa shape index (κ1) is 19.6. The molecule has 2 aromatic rings. The van der Waals surface area contributed by atoms with Crippen molar-refractivity contribution >= 4 is 11.8 Å². The molecule has 26 heavy (non-hydrogen) atoms. The third-order valence-corrected chi connectivity index (χ3v) is 3.89. The van der Waals surface area contributed by atoms with E-state index in [4.69, 9.17) is 9.15 Å². The van der Waals surface area contributed by atoms with Gasteiger partial charge in [0.25, 0.3) is 0 Å². The zero-order valence-corrected chi connectivity index (χ0v) is 15.3. The Morgan fingerprint density at radius 3 is 2.69 bits per heavy atom. The number of amides is 2. The lowest BCUT2D eigenvalue weighted by Crippen LogP contribution is -2.36. The lowest BCUT2D eigenvalue weighted by atomic mass is 10.1. The summed E-state index contributed by atoms with van der Waals surface area (Å²) in [7, 11) is 0. The summed E-state index contributed by atoms with van der Waals surface area (Å²) in [5.41, 5.74) is 2.27. The second kappa shape index (κ2) is 10.3. The van der Waals surface area contributed by atoms with E-state index in [1.807, 2.05) is 26.0 Å². The predicted octanol–water partition coefficient (Wildman–Crippen LogP) is 2.88. The third kappa shape index (κ3) is 7.01. The molecule has 2 amide bonds. The fourth-order valence-corrected chi connectivity index (χ4v) is 2.36. The SMILES string of the molecule is Cc1ccc(C)c(OCCCCC(=O)NCC(=O)NCc2ccco2)c1. The molecule has 0 bridgehead atoms. The number of aryl methyl sites for hydroxylation is 2. The topological polar surface area (TPSA) is 80.6 Å². The van der Waals surface area contributed by atoms with Crippen LogP contribution in [0, 0.1) is 13.8 Å². The van der Waals surface area contributed by atoms with Gasteiger partial charge < -0.3 is 19.8 Å². The van der Waals surface area contributed by atoms with Gasteiger partial charge in [0.15, 0.2) is 0 Å². The zero-order chi connectivity index (χ0) is 18.8. The summed E-state index contributed by atoms with van der Waals surface area (Å²) in [4.78, 5) is 23.4. The van der Waals surface area contributed by atoms with Crippen LogP contribution in [0.2, 0.25) is 0 Å². The molecule has 0 aliphatic heterocycles. The van der Waals surface area contributed by atoms with Crippen molar-refractivity contribution in [1.82, 2.24) is 10.6 Å². The molecule has 0 saturated heterocycles. The van der Waals surface area contributed by atoms with Gasteiger partial charge in [0.1, 0.15) is 11.5 Å². The molecule has 0 radical (unpaired) electrons. The molecule has 1 aromatic carbocycles. The van der Waals surface area contributed by atoms with Crippen LogP contribution in [-0.4, -0.2) is 25.0 Å². The zero-order valence-electron chi connectivity index (χ0n) is 15.3. The number of carbonyl (C=O) groups is 2. The lowest BCUT2D eigenvalue weighted by molar-refractivity contribution is -0.126. The van der Waals surface area contributed by atoms with Gasteiger partial charge in [0.05, 0.1) is 26.0 Å². The lowest BCUT2D eigenvalue weighted by Gasteiger charge is -2.10. The minimum absolute atomic E-state index is 0.0292. The van der Waals surface area contributed by atoms with Gasteiger partial charge in [-0.25, -0.2) is 0 Å². The number of benzene rings is 1. The number of hydrogen-bond acceptors (Lipinski definition) is 4. The van der Waals surface area contributed by atoms with Crippen LogP contribution in [0.25, 0.3) is 0 Å². The Bertz CT molecular complexity index is 711. The molecule has 0 unspecified atom stereocenters. The summed E-state index contributed by atoms with van der Waals surface area (Å²) in [6, 6.07) is 9.64. The summed E-state index contributed by atoms with van der Waals surface area (Å²) >= 11 is 0. The van der Waals surface area contributed by atoms with Crippen LogP contribution in [-0.2, 0) is 16.1 Å². The number of furan rings is 1. The first-order valence-corrected chi connectivity index (χ1v) is 8.80. The summed E-state index contributed by atoms with van der Waals surface area (Å²) < 4.78 is 10.9. The molecule has 0 atom stereocenters. The van der Waals surface area contributed by atoms with E-state index in [0.717, 1.165) is 23.3 Å². The molecule has 2 N–H and O–H groups in total. The Morgan fingerprint density at radius 1 is 1.08 bits per heavy atom. The minimum atomic E-state index is -0.243. The molecule has 1 aromatic heterocycles. The van der Waals surface area contributed by atoms with E-state index >= 15 is 0 Å². The fourth-order valence-electron chi connectivity index (χ4n) is 2.36. The standard InChI is InChI=1S/C20H26N2O4/c1-15-8-9-16(2)18(12-15)26-10-4-3-7-19(23)22-14-20(24)21-13-17-6-5-11-25-17/h5-6,8-9,11-12H,3-4,7,10,13-14H2,1-2H3,(H,21,24)(H,22,23). The Kier molecular flexibility index (Phi) is 7.74. The van der Waals surface area contributed by atoms with Crippen molar-refractivity contribution in [1.29, 1.82) is 0 Å². The maximum Gasteiger partial charge on any atom is 0.239 e. The van der Waals surface area contributed by atoms with Crippen LogP contribution in [0.15, 0.2) is 41.0 Å². The van der Waals surface area contributed by atoms with E-state index in [-0.39, 0.29) is 18.4 Å². The Hall–Kier alpha value is -2.76. The maximum absolute atomic E-state index is 11.8. The Balaban J connectivity index is 1.53. The summed E-state index contributed by atoms with van der Waals surface area (Å²) in [5.74, 6) is 1.19. The van der Waals surface area contributed by atoms with Gasteiger partial charge in [-0.1, -0.05) is 12.1 Å². The van der Waals surface area contributed by atoms with Gasteiger partial charge in [0.2, 0.25) is 11.8 Å². The van der Waals surface area contributed by atoms with Crippen molar-refractivity contribution in [3.05, 3.63) is 53.5 Å². The van der Waals surface area contributed by atoms with Crippen molar-refractivity contribution in [2.45, 2.75) is 39.7 Å². The second-order valence-corrected chi connectivity index (χ2v) is 6.21. The van der Waals surface area contributed by atoms with Gasteiger partial charge in [0, 0.05) is 6.42 Å². The number of hydrogen-bond donors (Lipinski definition) is 2. The highest BCUT2D eigenvalue weighted by Gasteiger charge is 2.06. The highest BCUT2D eigenvalue weighted by atomic mass is 16.5. The molecular weight excluding hydrogens is 332 g/mol. The molecular formula is C20H26N2O4. The molecule has 1 heterocycles. The van der Waals surface area contributed by atoms with Crippen LogP contribution in [0.5, 0.6) is 5.75 Å². The largest absolute Gasteiger partial charge is 0.493 e. The monoisotopic (exact) mass is 358 g/mol. The first-order valence-electron chi connectivity index (χ1n) is 8.80. The van der Waals surface area contributed by atoms with Crippen molar-refractivity contribution in [3.8, 4) is 5.75 Å². The normalized spacial score (nSPS) is 10.4. The maximum atomic E-state index is 11.8. The number of unbranched alkanes of at least 4 members (excludes halogenated alkanes) is 1. The first-order chi connectivity index (χ1) is 12.5. The average Bonchev–Trinajstić information content (AvgIpc) is 3.14. The minimum Gasteiger partial charge on any atom is -0.493 e. The number of ether oxygens (including phenoxy) is 1. The average molecular weight is 358 g/mol. The molecule has 0 fully saturated rings. The van der Waals surface area contributed by atoms with E-state index in [1.165, 1.54) is 0 Å².